The summed E-state index contributed by atoms with van der Waals surface area (Å²) in [4.78, 5) is 76.6. The standard InChI is InChI=1S/C32H42O13/c1-9-10-14-25(37)43-22-15-24(40-18(4)34)30(7)26(16(22)2)28(42-20(6)36)32-23(44-29(38)31(32,8)45-32)13-11-12-21(39-17(3)33)27(30)41-19(5)35/h9,11,13,16,21-24,26-28H,1,10,12,14-15H2,2-8H3/b13-11-/t16-,21-,22-,23-,24?,26+,27-,28-,30-,31-,32-/m0/s1. The van der Waals surface area contributed by atoms with E-state index >= 15 is 0 Å². The number of rotatable bonds is 8. The fourth-order valence-corrected chi connectivity index (χ4v) is 7.65. The number of fused-ring (bicyclic) bond motifs is 1. The van der Waals surface area contributed by atoms with E-state index in [1.54, 1.807) is 32.1 Å². The predicted octanol–water partition coefficient (Wildman–Crippen LogP) is 2.67. The average molecular weight is 635 g/mol. The number of hydrogen-bond acceptors (Lipinski definition) is 13. The van der Waals surface area contributed by atoms with Gasteiger partial charge in [0.2, 0.25) is 0 Å². The lowest BCUT2D eigenvalue weighted by Crippen LogP contribution is -2.68. The van der Waals surface area contributed by atoms with Crippen molar-refractivity contribution in [3.8, 4) is 0 Å². The van der Waals surface area contributed by atoms with E-state index in [9.17, 15) is 28.8 Å². The monoisotopic (exact) mass is 634 g/mol. The molecule has 13 nitrogen and oxygen atoms in total. The van der Waals surface area contributed by atoms with Gasteiger partial charge >= 0.3 is 35.8 Å². The molecule has 1 spiro atoms. The van der Waals surface area contributed by atoms with Gasteiger partial charge in [0.15, 0.2) is 17.3 Å². The Bertz CT molecular complexity index is 1290. The minimum Gasteiger partial charge on any atom is -0.462 e. The quantitative estimate of drug-likeness (QED) is 0.165. The summed E-state index contributed by atoms with van der Waals surface area (Å²) in [6.07, 6.45) is -1.54. The van der Waals surface area contributed by atoms with E-state index in [1.165, 1.54) is 34.6 Å². The van der Waals surface area contributed by atoms with Gasteiger partial charge in [-0.25, -0.2) is 4.79 Å². The number of epoxide rings is 1. The third-order valence-electron chi connectivity index (χ3n) is 9.56. The van der Waals surface area contributed by atoms with Gasteiger partial charge in [0, 0.05) is 58.8 Å². The van der Waals surface area contributed by atoms with E-state index < -0.39 is 101 Å². The highest BCUT2D eigenvalue weighted by Crippen LogP contribution is 2.65. The van der Waals surface area contributed by atoms with Crippen LogP contribution < -0.4 is 0 Å². The maximum atomic E-state index is 13.2. The van der Waals surface area contributed by atoms with E-state index in [4.69, 9.17) is 33.2 Å². The van der Waals surface area contributed by atoms with Crippen LogP contribution in [0.4, 0.5) is 0 Å². The van der Waals surface area contributed by atoms with Crippen molar-refractivity contribution in [3.05, 3.63) is 24.8 Å². The lowest BCUT2D eigenvalue weighted by atomic mass is 9.53. The number of carbonyl (C=O) groups is 6. The van der Waals surface area contributed by atoms with Crippen molar-refractivity contribution in [1.82, 2.24) is 0 Å². The van der Waals surface area contributed by atoms with Crippen LogP contribution in [0, 0.1) is 17.3 Å². The Morgan fingerprint density at radius 2 is 1.51 bits per heavy atom. The molecule has 0 aromatic heterocycles. The van der Waals surface area contributed by atoms with Crippen LogP contribution in [-0.4, -0.2) is 83.6 Å². The first-order valence-corrected chi connectivity index (χ1v) is 15.1. The molecule has 0 bridgehead atoms. The summed E-state index contributed by atoms with van der Waals surface area (Å²) >= 11 is 0. The molecule has 2 saturated heterocycles. The first kappa shape index (κ1) is 34.1. The second-order valence-electron chi connectivity index (χ2n) is 12.6. The molecule has 1 unspecified atom stereocenters. The van der Waals surface area contributed by atoms with Gasteiger partial charge < -0.3 is 33.2 Å². The molecule has 13 heteroatoms. The van der Waals surface area contributed by atoms with Gasteiger partial charge in [0.1, 0.15) is 30.5 Å². The van der Waals surface area contributed by atoms with Gasteiger partial charge in [-0.1, -0.05) is 26.0 Å². The number of ether oxygens (including phenoxy) is 7. The highest BCUT2D eigenvalue weighted by atomic mass is 16.7. The molecule has 0 radical (unpaired) electrons. The van der Waals surface area contributed by atoms with Crippen LogP contribution in [0.25, 0.3) is 0 Å². The van der Waals surface area contributed by atoms with Crippen molar-refractivity contribution in [3.63, 3.8) is 0 Å². The summed E-state index contributed by atoms with van der Waals surface area (Å²) in [7, 11) is 0. The molecule has 11 atom stereocenters. The molecule has 45 heavy (non-hydrogen) atoms. The molecule has 2 aliphatic carbocycles. The van der Waals surface area contributed by atoms with Gasteiger partial charge in [0.25, 0.3) is 0 Å². The zero-order valence-corrected chi connectivity index (χ0v) is 26.7. The zero-order chi connectivity index (χ0) is 33.5. The van der Waals surface area contributed by atoms with Crippen LogP contribution in [0.1, 0.15) is 74.1 Å². The second kappa shape index (κ2) is 12.6. The Balaban J connectivity index is 2.01. The highest BCUT2D eigenvalue weighted by Gasteiger charge is 2.87. The van der Waals surface area contributed by atoms with Gasteiger partial charge in [0.05, 0.1) is 5.41 Å². The Kier molecular flexibility index (Phi) is 9.54. The molecule has 2 heterocycles. The molecule has 248 valence electrons. The van der Waals surface area contributed by atoms with Crippen LogP contribution in [0.3, 0.4) is 0 Å². The molecule has 4 rings (SSSR count). The number of hydrogen-bond donors (Lipinski definition) is 0. The van der Waals surface area contributed by atoms with Crippen LogP contribution >= 0.6 is 0 Å². The minimum absolute atomic E-state index is 0.0139. The normalized spacial score (nSPS) is 40.6. The summed E-state index contributed by atoms with van der Waals surface area (Å²) in [5.41, 5.74) is -4.53. The van der Waals surface area contributed by atoms with Crippen LogP contribution in [-0.2, 0) is 61.9 Å². The molecule has 3 fully saturated rings. The van der Waals surface area contributed by atoms with Crippen molar-refractivity contribution in [2.45, 2.75) is 122 Å². The summed E-state index contributed by atoms with van der Waals surface area (Å²) in [5.74, 6) is -5.64. The predicted molar refractivity (Wildman–Crippen MR) is 153 cm³/mol. The number of carbonyl (C=O) groups excluding carboxylic acids is 6. The third-order valence-corrected chi connectivity index (χ3v) is 9.56. The molecule has 0 aromatic rings. The van der Waals surface area contributed by atoms with E-state index in [1.807, 2.05) is 0 Å². The second-order valence-corrected chi connectivity index (χ2v) is 12.6. The SMILES string of the molecule is C=CCCC(=O)O[C@H]1CC(OC(C)=O)[C@@]2(C)[C@H]([C@H]1C)[C@H](OC(C)=O)[C@]13O[C@@]1(C)C(=O)O[C@H]3/C=C\C[C@H](OC(C)=O)[C@@H]2OC(C)=O. The molecular formula is C32H42O13. The van der Waals surface area contributed by atoms with Crippen LogP contribution in [0.5, 0.6) is 0 Å². The Labute approximate surface area is 261 Å². The van der Waals surface area contributed by atoms with Crippen molar-refractivity contribution >= 4 is 35.8 Å². The lowest BCUT2D eigenvalue weighted by Gasteiger charge is -2.57. The Morgan fingerprint density at radius 3 is 2.07 bits per heavy atom. The molecule has 0 amide bonds. The van der Waals surface area contributed by atoms with Crippen molar-refractivity contribution in [2.24, 2.45) is 17.3 Å². The average Bonchev–Trinajstić information content (AvgIpc) is 3.51. The van der Waals surface area contributed by atoms with Crippen LogP contribution in [0.15, 0.2) is 24.8 Å². The summed E-state index contributed by atoms with van der Waals surface area (Å²) in [6.45, 7) is 13.4. The molecule has 1 saturated carbocycles. The maximum absolute atomic E-state index is 13.2. The summed E-state index contributed by atoms with van der Waals surface area (Å²) < 4.78 is 41.6. The maximum Gasteiger partial charge on any atom is 0.342 e. The van der Waals surface area contributed by atoms with Crippen molar-refractivity contribution < 1.29 is 61.9 Å². The van der Waals surface area contributed by atoms with E-state index in [2.05, 4.69) is 6.58 Å². The van der Waals surface area contributed by atoms with Gasteiger partial charge in [-0.2, -0.15) is 0 Å². The largest absolute Gasteiger partial charge is 0.462 e. The van der Waals surface area contributed by atoms with E-state index in [-0.39, 0.29) is 19.3 Å². The van der Waals surface area contributed by atoms with Crippen molar-refractivity contribution in [2.75, 3.05) is 0 Å². The summed E-state index contributed by atoms with van der Waals surface area (Å²) in [5, 5.41) is 0. The van der Waals surface area contributed by atoms with E-state index in [0.717, 1.165) is 0 Å². The smallest absolute Gasteiger partial charge is 0.342 e. The number of esters is 6. The summed E-state index contributed by atoms with van der Waals surface area (Å²) in [6, 6.07) is 0. The lowest BCUT2D eigenvalue weighted by molar-refractivity contribution is -0.247. The van der Waals surface area contributed by atoms with Gasteiger partial charge in [-0.15, -0.1) is 6.58 Å². The Hall–Kier alpha value is -3.74. The first-order valence-electron chi connectivity index (χ1n) is 15.1. The number of allylic oxidation sites excluding steroid dienone is 1. The topological polar surface area (TPSA) is 170 Å². The zero-order valence-electron chi connectivity index (χ0n) is 26.7. The van der Waals surface area contributed by atoms with Crippen LogP contribution in [0.2, 0.25) is 0 Å². The minimum atomic E-state index is -1.53. The molecule has 2 aliphatic heterocycles. The fourth-order valence-electron chi connectivity index (χ4n) is 7.65. The highest BCUT2D eigenvalue weighted by molar-refractivity contribution is 5.89. The molecule has 0 N–H and O–H groups in total. The fraction of sp³-hybridized carbons (Fsp3) is 0.688. The van der Waals surface area contributed by atoms with E-state index in [0.29, 0.717) is 6.42 Å². The van der Waals surface area contributed by atoms with Crippen molar-refractivity contribution in [1.29, 1.82) is 0 Å². The molecule has 4 aliphatic rings. The molecule has 0 aromatic carbocycles. The molecular weight excluding hydrogens is 592 g/mol. The third kappa shape index (κ3) is 5.98. The van der Waals surface area contributed by atoms with Gasteiger partial charge in [-0.3, -0.25) is 24.0 Å². The first-order chi connectivity index (χ1) is 21.0. The Morgan fingerprint density at radius 1 is 0.911 bits per heavy atom. The van der Waals surface area contributed by atoms with Gasteiger partial charge in [-0.05, 0) is 19.4 Å².